The second-order valence-electron chi connectivity index (χ2n) is 8.68. The van der Waals surface area contributed by atoms with Crippen molar-refractivity contribution in [3.8, 4) is 11.5 Å². The predicted octanol–water partition coefficient (Wildman–Crippen LogP) is 4.97. The van der Waals surface area contributed by atoms with Gasteiger partial charge < -0.3 is 24.5 Å². The number of hydrogen-bond donors (Lipinski definition) is 2. The van der Waals surface area contributed by atoms with Crippen LogP contribution in [0.1, 0.15) is 24.2 Å². The molecule has 0 bridgehead atoms. The number of benzene rings is 2. The molecule has 2 aromatic carbocycles. The number of H-pyrrole nitrogens is 1. The molecule has 6 nitrogen and oxygen atoms in total. The van der Waals surface area contributed by atoms with E-state index in [0.717, 1.165) is 11.6 Å². The maximum Gasteiger partial charge on any atom is 0.431 e. The Labute approximate surface area is 193 Å². The van der Waals surface area contributed by atoms with Gasteiger partial charge >= 0.3 is 6.18 Å². The van der Waals surface area contributed by atoms with Crippen LogP contribution in [-0.2, 0) is 10.9 Å². The zero-order valence-electron chi connectivity index (χ0n) is 18.7. The van der Waals surface area contributed by atoms with Crippen LogP contribution in [0.2, 0.25) is 0 Å². The van der Waals surface area contributed by atoms with Crippen molar-refractivity contribution >= 4 is 16.6 Å². The molecule has 10 heteroatoms. The predicted molar refractivity (Wildman–Crippen MR) is 119 cm³/mol. The van der Waals surface area contributed by atoms with Crippen LogP contribution in [-0.4, -0.2) is 55.4 Å². The first-order valence-corrected chi connectivity index (χ1v) is 11.1. The number of fused-ring (bicyclic) bond motifs is 2. The Morgan fingerprint density at radius 2 is 2.00 bits per heavy atom. The van der Waals surface area contributed by atoms with Gasteiger partial charge in [-0.25, -0.2) is 4.39 Å². The molecular formula is C24H25F4N3O3. The number of ether oxygens (including phenoxy) is 3. The van der Waals surface area contributed by atoms with Crippen LogP contribution in [0.4, 0.5) is 23.2 Å². The number of aromatic amines is 1. The van der Waals surface area contributed by atoms with Gasteiger partial charge in [0.25, 0.3) is 0 Å². The Hall–Kier alpha value is -2.98. The molecular weight excluding hydrogens is 454 g/mol. The molecule has 5 rings (SSSR count). The van der Waals surface area contributed by atoms with Crippen LogP contribution in [0.3, 0.4) is 0 Å². The van der Waals surface area contributed by atoms with E-state index in [4.69, 9.17) is 14.2 Å². The number of alkyl halides is 3. The average molecular weight is 479 g/mol. The Bertz CT molecular complexity index is 1200. The van der Waals surface area contributed by atoms with Crippen molar-refractivity contribution in [1.82, 2.24) is 9.88 Å². The molecule has 0 unspecified atom stereocenters. The largest absolute Gasteiger partial charge is 0.497 e. The van der Waals surface area contributed by atoms with E-state index in [1.54, 1.807) is 12.1 Å². The smallest absolute Gasteiger partial charge is 0.431 e. The number of nitrogens with one attached hydrogen (secondary N) is 2. The summed E-state index contributed by atoms with van der Waals surface area (Å²) >= 11 is 0. The maximum atomic E-state index is 13.9. The number of halogens is 4. The summed E-state index contributed by atoms with van der Waals surface area (Å²) in [6.07, 6.45) is -4.48. The molecule has 2 N–H and O–H groups in total. The zero-order chi connectivity index (χ0) is 24.0. The van der Waals surface area contributed by atoms with E-state index in [2.05, 4.69) is 15.2 Å². The quantitative estimate of drug-likeness (QED) is 0.518. The summed E-state index contributed by atoms with van der Waals surface area (Å²) in [6, 6.07) is 8.14. The number of rotatable bonds is 4. The lowest BCUT2D eigenvalue weighted by atomic mass is 9.93. The van der Waals surface area contributed by atoms with Gasteiger partial charge in [-0.15, -0.1) is 0 Å². The van der Waals surface area contributed by atoms with Crippen molar-refractivity contribution in [2.75, 3.05) is 38.7 Å². The van der Waals surface area contributed by atoms with Gasteiger partial charge in [0.2, 0.25) is 0 Å². The van der Waals surface area contributed by atoms with Gasteiger partial charge in [-0.1, -0.05) is 6.07 Å². The fraction of sp³-hybridized carbons (Fsp3) is 0.417. The minimum Gasteiger partial charge on any atom is -0.497 e. The van der Waals surface area contributed by atoms with Gasteiger partial charge in [0.15, 0.2) is 0 Å². The first kappa shape index (κ1) is 22.8. The molecule has 0 saturated carbocycles. The number of hydrogen-bond acceptors (Lipinski definition) is 5. The lowest BCUT2D eigenvalue weighted by molar-refractivity contribution is -0.140. The van der Waals surface area contributed by atoms with Crippen LogP contribution >= 0.6 is 0 Å². The van der Waals surface area contributed by atoms with E-state index in [9.17, 15) is 17.6 Å². The first-order chi connectivity index (χ1) is 16.2. The standard InChI is InChI=1S/C24H25F4N3O3/c1-13-11-31(5-6-33-13)20-12-34-21-7-14(25)3-4-16(21)23(20)30-19-9-15(32-2)8-18-17(19)10-22(29-18)24(26,27)28/h3-4,7-10,13,20,23,29-30H,5-6,11-12H2,1-2H3/t13-,20+,23+/m1/s1. The molecule has 1 aromatic heterocycles. The summed E-state index contributed by atoms with van der Waals surface area (Å²) in [5.74, 6) is 0.410. The first-order valence-electron chi connectivity index (χ1n) is 11.1. The Morgan fingerprint density at radius 3 is 2.74 bits per heavy atom. The minimum atomic E-state index is -4.52. The van der Waals surface area contributed by atoms with Crippen LogP contribution in [0.15, 0.2) is 36.4 Å². The normalized spacial score (nSPS) is 23.4. The van der Waals surface area contributed by atoms with Crippen molar-refractivity contribution in [3.63, 3.8) is 0 Å². The molecule has 2 aliphatic rings. The molecule has 3 atom stereocenters. The molecule has 34 heavy (non-hydrogen) atoms. The topological polar surface area (TPSA) is 58.7 Å². The summed E-state index contributed by atoms with van der Waals surface area (Å²) in [7, 11) is 1.46. The number of morpholine rings is 1. The van der Waals surface area contributed by atoms with E-state index in [1.165, 1.54) is 25.3 Å². The van der Waals surface area contributed by atoms with Crippen LogP contribution in [0, 0.1) is 5.82 Å². The van der Waals surface area contributed by atoms with Crippen LogP contribution in [0.5, 0.6) is 11.5 Å². The summed E-state index contributed by atoms with van der Waals surface area (Å²) in [4.78, 5) is 4.69. The lowest BCUT2D eigenvalue weighted by Crippen LogP contribution is -2.54. The second kappa shape index (κ2) is 8.66. The highest BCUT2D eigenvalue weighted by atomic mass is 19.4. The van der Waals surface area contributed by atoms with Gasteiger partial charge in [-0.2, -0.15) is 13.2 Å². The molecule has 182 valence electrons. The molecule has 1 saturated heterocycles. The van der Waals surface area contributed by atoms with Crippen molar-refractivity contribution in [1.29, 1.82) is 0 Å². The van der Waals surface area contributed by atoms with Crippen molar-refractivity contribution in [2.24, 2.45) is 0 Å². The summed E-state index contributed by atoms with van der Waals surface area (Å²) < 4.78 is 71.1. The summed E-state index contributed by atoms with van der Waals surface area (Å²) in [5, 5.41) is 3.84. The van der Waals surface area contributed by atoms with Crippen molar-refractivity contribution in [3.05, 3.63) is 53.5 Å². The highest BCUT2D eigenvalue weighted by Gasteiger charge is 2.38. The van der Waals surface area contributed by atoms with E-state index in [1.807, 2.05) is 6.92 Å². The maximum absolute atomic E-state index is 13.9. The summed E-state index contributed by atoms with van der Waals surface area (Å²) in [5.41, 5.74) is 0.679. The third kappa shape index (κ3) is 4.27. The Balaban J connectivity index is 1.59. The molecule has 3 heterocycles. The van der Waals surface area contributed by atoms with Crippen LogP contribution in [0.25, 0.3) is 10.9 Å². The van der Waals surface area contributed by atoms with E-state index >= 15 is 0 Å². The zero-order valence-corrected chi connectivity index (χ0v) is 18.7. The fourth-order valence-electron chi connectivity index (χ4n) is 4.77. The number of anilines is 1. The highest BCUT2D eigenvalue weighted by molar-refractivity contribution is 5.94. The number of aromatic nitrogens is 1. The van der Waals surface area contributed by atoms with E-state index < -0.39 is 17.7 Å². The Kier molecular flexibility index (Phi) is 5.81. The lowest BCUT2D eigenvalue weighted by Gasteiger charge is -2.44. The Morgan fingerprint density at radius 1 is 1.18 bits per heavy atom. The third-order valence-electron chi connectivity index (χ3n) is 6.41. The highest BCUT2D eigenvalue weighted by Crippen LogP contribution is 2.41. The SMILES string of the molecule is COc1cc(N[C@H]2c3ccc(F)cc3OC[C@@H]2N2CCO[C@H](C)C2)c2cc(C(F)(F)F)[nH]c2c1. The molecule has 3 aromatic rings. The molecule has 0 radical (unpaired) electrons. The van der Waals surface area contributed by atoms with Gasteiger partial charge in [0, 0.05) is 47.9 Å². The van der Waals surface area contributed by atoms with Gasteiger partial charge in [-0.05, 0) is 19.1 Å². The minimum absolute atomic E-state index is 0.0339. The third-order valence-corrected chi connectivity index (χ3v) is 6.41. The molecule has 2 aliphatic heterocycles. The molecule has 1 fully saturated rings. The van der Waals surface area contributed by atoms with Crippen molar-refractivity contribution < 1.29 is 31.8 Å². The van der Waals surface area contributed by atoms with Gasteiger partial charge in [-0.3, -0.25) is 4.90 Å². The second-order valence-corrected chi connectivity index (χ2v) is 8.68. The summed E-state index contributed by atoms with van der Waals surface area (Å²) in [6.45, 7) is 4.22. The number of methoxy groups -OCH3 is 1. The molecule has 0 amide bonds. The molecule has 0 spiro atoms. The van der Waals surface area contributed by atoms with Crippen molar-refractivity contribution in [2.45, 2.75) is 31.3 Å². The monoisotopic (exact) mass is 479 g/mol. The van der Waals surface area contributed by atoms with Gasteiger partial charge in [0.1, 0.15) is 29.6 Å². The average Bonchev–Trinajstić information content (AvgIpc) is 3.24. The van der Waals surface area contributed by atoms with Crippen LogP contribution < -0.4 is 14.8 Å². The number of nitrogens with zero attached hydrogens (tertiary/aromatic N) is 1. The van der Waals surface area contributed by atoms with Gasteiger partial charge in [0.05, 0.1) is 37.4 Å². The molecule has 0 aliphatic carbocycles. The van der Waals surface area contributed by atoms with E-state index in [-0.39, 0.29) is 18.2 Å². The fourth-order valence-corrected chi connectivity index (χ4v) is 4.77. The van der Waals surface area contributed by atoms with E-state index in [0.29, 0.717) is 54.4 Å².